The van der Waals surface area contributed by atoms with E-state index in [1.165, 1.54) is 31.3 Å². The topological polar surface area (TPSA) is 67.9 Å². The van der Waals surface area contributed by atoms with Crippen LogP contribution in [-0.2, 0) is 16.0 Å². The molecule has 1 aliphatic heterocycles. The smallest absolute Gasteiger partial charge is 0.227 e. The first kappa shape index (κ1) is 20.9. The fourth-order valence-electron chi connectivity index (χ4n) is 3.30. The van der Waals surface area contributed by atoms with Gasteiger partial charge in [0.05, 0.1) is 30.8 Å². The second kappa shape index (κ2) is 9.13. The second-order valence-electron chi connectivity index (χ2n) is 6.73. The van der Waals surface area contributed by atoms with Gasteiger partial charge in [-0.05, 0) is 30.2 Å². The number of ether oxygens (including phenoxy) is 2. The fourth-order valence-corrected chi connectivity index (χ4v) is 3.53. The van der Waals surface area contributed by atoms with E-state index in [2.05, 4.69) is 5.32 Å². The predicted molar refractivity (Wildman–Crippen MR) is 108 cm³/mol. The Morgan fingerprint density at radius 3 is 2.55 bits per heavy atom. The summed E-state index contributed by atoms with van der Waals surface area (Å²) in [4.78, 5) is 26.5. The lowest BCUT2D eigenvalue weighted by molar-refractivity contribution is -0.126. The fraction of sp³-hybridized carbons (Fsp3) is 0.333. The van der Waals surface area contributed by atoms with Crippen LogP contribution in [-0.4, -0.2) is 39.1 Å². The summed E-state index contributed by atoms with van der Waals surface area (Å²) < 4.78 is 23.5. The summed E-state index contributed by atoms with van der Waals surface area (Å²) in [5.41, 5.74) is 1.43. The van der Waals surface area contributed by atoms with E-state index in [4.69, 9.17) is 21.1 Å². The van der Waals surface area contributed by atoms with E-state index >= 15 is 0 Å². The minimum Gasteiger partial charge on any atom is -0.495 e. The highest BCUT2D eigenvalue weighted by Gasteiger charge is 2.36. The monoisotopic (exact) mass is 420 g/mol. The van der Waals surface area contributed by atoms with Crippen LogP contribution in [0.2, 0.25) is 5.02 Å². The summed E-state index contributed by atoms with van der Waals surface area (Å²) in [5, 5.41) is 3.20. The number of methoxy groups -OCH3 is 2. The van der Waals surface area contributed by atoms with Crippen molar-refractivity contribution in [1.82, 2.24) is 5.32 Å². The maximum absolute atomic E-state index is 12.9. The molecule has 1 N–H and O–H groups in total. The van der Waals surface area contributed by atoms with Gasteiger partial charge in [-0.2, -0.15) is 0 Å². The van der Waals surface area contributed by atoms with Crippen LogP contribution in [0.5, 0.6) is 11.5 Å². The van der Waals surface area contributed by atoms with Crippen LogP contribution in [0.3, 0.4) is 0 Å². The highest BCUT2D eigenvalue weighted by atomic mass is 35.5. The normalized spacial score (nSPS) is 16.1. The number of anilines is 1. The Morgan fingerprint density at radius 1 is 1.21 bits per heavy atom. The number of halogens is 2. The molecular formula is C21H22ClFN2O4. The van der Waals surface area contributed by atoms with Gasteiger partial charge in [0, 0.05) is 25.6 Å². The molecule has 0 unspecified atom stereocenters. The van der Waals surface area contributed by atoms with Crippen molar-refractivity contribution < 1.29 is 23.5 Å². The van der Waals surface area contributed by atoms with E-state index in [1.54, 1.807) is 24.3 Å². The molecule has 2 amide bonds. The van der Waals surface area contributed by atoms with Gasteiger partial charge in [0.1, 0.15) is 17.3 Å². The Hall–Kier alpha value is -2.80. The summed E-state index contributed by atoms with van der Waals surface area (Å²) >= 11 is 6.20. The first-order valence-corrected chi connectivity index (χ1v) is 9.54. The Bertz CT molecular complexity index is 904. The van der Waals surface area contributed by atoms with Crippen LogP contribution in [0, 0.1) is 11.7 Å². The molecule has 0 saturated carbocycles. The zero-order valence-corrected chi connectivity index (χ0v) is 17.0. The van der Waals surface area contributed by atoms with Gasteiger partial charge in [0.2, 0.25) is 11.8 Å². The quantitative estimate of drug-likeness (QED) is 0.746. The van der Waals surface area contributed by atoms with Gasteiger partial charge in [-0.25, -0.2) is 4.39 Å². The number of hydrogen-bond donors (Lipinski definition) is 1. The van der Waals surface area contributed by atoms with Gasteiger partial charge < -0.3 is 19.7 Å². The lowest BCUT2D eigenvalue weighted by Crippen LogP contribution is -2.34. The van der Waals surface area contributed by atoms with Crippen molar-refractivity contribution in [2.75, 3.05) is 32.2 Å². The van der Waals surface area contributed by atoms with Crippen LogP contribution in [0.15, 0.2) is 36.4 Å². The molecule has 2 aromatic carbocycles. The molecular weight excluding hydrogens is 399 g/mol. The van der Waals surface area contributed by atoms with E-state index < -0.39 is 5.92 Å². The molecule has 2 aromatic rings. The summed E-state index contributed by atoms with van der Waals surface area (Å²) in [6.07, 6.45) is 0.688. The number of carbonyl (C=O) groups is 2. The summed E-state index contributed by atoms with van der Waals surface area (Å²) in [6.45, 7) is 0.646. The van der Waals surface area contributed by atoms with Crippen LogP contribution in [0.25, 0.3) is 0 Å². The summed E-state index contributed by atoms with van der Waals surface area (Å²) in [6, 6.07) is 9.35. The molecule has 29 heavy (non-hydrogen) atoms. The predicted octanol–water partition coefficient (Wildman–Crippen LogP) is 3.21. The molecule has 0 radical (unpaired) electrons. The highest BCUT2D eigenvalue weighted by Crippen LogP contribution is 2.40. The van der Waals surface area contributed by atoms with Crippen molar-refractivity contribution in [1.29, 1.82) is 0 Å². The molecule has 1 aliphatic rings. The molecule has 1 atom stereocenters. The molecule has 6 nitrogen and oxygen atoms in total. The van der Waals surface area contributed by atoms with Gasteiger partial charge in [-0.1, -0.05) is 23.7 Å². The van der Waals surface area contributed by atoms with Gasteiger partial charge in [0.25, 0.3) is 0 Å². The molecule has 0 aliphatic carbocycles. The van der Waals surface area contributed by atoms with Crippen molar-refractivity contribution in [3.63, 3.8) is 0 Å². The number of rotatable bonds is 7. The maximum Gasteiger partial charge on any atom is 0.227 e. The molecule has 8 heteroatoms. The molecule has 0 aromatic heterocycles. The van der Waals surface area contributed by atoms with Gasteiger partial charge in [-0.15, -0.1) is 0 Å². The van der Waals surface area contributed by atoms with Crippen LogP contribution < -0.4 is 19.7 Å². The van der Waals surface area contributed by atoms with Crippen molar-refractivity contribution in [3.8, 4) is 11.5 Å². The molecule has 0 spiro atoms. The van der Waals surface area contributed by atoms with Crippen molar-refractivity contribution in [3.05, 3.63) is 52.8 Å². The molecule has 1 heterocycles. The van der Waals surface area contributed by atoms with Crippen molar-refractivity contribution in [2.24, 2.45) is 5.92 Å². The second-order valence-corrected chi connectivity index (χ2v) is 7.14. The zero-order valence-electron chi connectivity index (χ0n) is 16.2. The minimum absolute atomic E-state index is 0.106. The third-order valence-corrected chi connectivity index (χ3v) is 5.16. The molecule has 1 saturated heterocycles. The van der Waals surface area contributed by atoms with E-state index in [0.717, 1.165) is 5.56 Å². The molecule has 3 rings (SSSR count). The summed E-state index contributed by atoms with van der Waals surface area (Å²) in [7, 11) is 2.99. The third-order valence-electron chi connectivity index (χ3n) is 4.87. The molecule has 1 fully saturated rings. The number of carbonyl (C=O) groups excluding carboxylic acids is 2. The Morgan fingerprint density at radius 2 is 1.90 bits per heavy atom. The molecule has 154 valence electrons. The molecule has 0 bridgehead atoms. The Balaban J connectivity index is 1.63. The first-order valence-electron chi connectivity index (χ1n) is 9.17. The van der Waals surface area contributed by atoms with Gasteiger partial charge >= 0.3 is 0 Å². The van der Waals surface area contributed by atoms with E-state index in [-0.39, 0.29) is 30.6 Å². The third kappa shape index (κ3) is 4.79. The largest absolute Gasteiger partial charge is 0.495 e. The number of nitrogens with zero attached hydrogens (tertiary/aromatic N) is 1. The Kier molecular flexibility index (Phi) is 6.59. The van der Waals surface area contributed by atoms with E-state index in [0.29, 0.717) is 35.2 Å². The number of amides is 2. The highest BCUT2D eigenvalue weighted by molar-refractivity contribution is 6.32. The van der Waals surface area contributed by atoms with Crippen LogP contribution >= 0.6 is 11.6 Å². The number of nitrogens with one attached hydrogen (secondary N) is 1. The van der Waals surface area contributed by atoms with Crippen LogP contribution in [0.1, 0.15) is 12.0 Å². The van der Waals surface area contributed by atoms with E-state index in [9.17, 15) is 14.0 Å². The van der Waals surface area contributed by atoms with Crippen molar-refractivity contribution in [2.45, 2.75) is 12.8 Å². The minimum atomic E-state index is -0.471. The maximum atomic E-state index is 12.9. The van der Waals surface area contributed by atoms with Gasteiger partial charge in [0.15, 0.2) is 0 Å². The average molecular weight is 421 g/mol. The van der Waals surface area contributed by atoms with Crippen molar-refractivity contribution >= 4 is 29.1 Å². The SMILES string of the molecule is COc1cc(OC)c(N2C[C@@H](C(=O)NCCc3ccc(F)cc3)CC2=O)cc1Cl. The summed E-state index contributed by atoms with van der Waals surface area (Å²) in [5.74, 6) is -0.256. The van der Waals surface area contributed by atoms with Crippen LogP contribution in [0.4, 0.5) is 10.1 Å². The number of hydrogen-bond acceptors (Lipinski definition) is 4. The van der Waals surface area contributed by atoms with E-state index in [1.807, 2.05) is 0 Å². The number of benzene rings is 2. The lowest BCUT2D eigenvalue weighted by atomic mass is 10.1. The zero-order chi connectivity index (χ0) is 21.0. The average Bonchev–Trinajstić information content (AvgIpc) is 3.10. The first-order chi connectivity index (χ1) is 13.9. The van der Waals surface area contributed by atoms with Gasteiger partial charge in [-0.3, -0.25) is 9.59 Å². The lowest BCUT2D eigenvalue weighted by Gasteiger charge is -2.21. The standard InChI is InChI=1S/C21H22ClFN2O4/c1-28-18-11-19(29-2)17(10-16(18)22)25-12-14(9-20(25)26)21(27)24-8-7-13-3-5-15(23)6-4-13/h3-6,10-11,14H,7-9,12H2,1-2H3,(H,24,27)/t14-/m0/s1. The Labute approximate surface area is 173 Å².